The van der Waals surface area contributed by atoms with Gasteiger partial charge in [-0.3, -0.25) is 0 Å². The molecule has 2 unspecified atom stereocenters. The van der Waals surface area contributed by atoms with E-state index in [2.05, 4.69) is 123 Å². The van der Waals surface area contributed by atoms with Gasteiger partial charge >= 0.3 is 0 Å². The predicted molar refractivity (Wildman–Crippen MR) is 145 cm³/mol. The van der Waals surface area contributed by atoms with E-state index in [1.165, 1.54) is 11.1 Å². The SMILES string of the molecule is C=C(c1cccc(C(O[SiH](C)C)C(C)(C)C)c1)c1cccc(C(O[SiH](C)C)C(C)(C)C)c1. The topological polar surface area (TPSA) is 18.5 Å². The first-order valence-electron chi connectivity index (χ1n) is 11.9. The summed E-state index contributed by atoms with van der Waals surface area (Å²) in [5.74, 6) is 0. The fourth-order valence-corrected chi connectivity index (χ4v) is 6.27. The summed E-state index contributed by atoms with van der Waals surface area (Å²) in [6.07, 6.45) is 0.172. The molecule has 2 rings (SSSR count). The van der Waals surface area contributed by atoms with Gasteiger partial charge in [0.2, 0.25) is 0 Å². The van der Waals surface area contributed by atoms with E-state index in [9.17, 15) is 0 Å². The molecule has 0 aliphatic rings. The number of benzene rings is 2. The van der Waals surface area contributed by atoms with Crippen LogP contribution >= 0.6 is 0 Å². The molecule has 176 valence electrons. The van der Waals surface area contributed by atoms with Crippen molar-refractivity contribution in [2.45, 2.75) is 79.9 Å². The van der Waals surface area contributed by atoms with E-state index in [4.69, 9.17) is 8.85 Å². The van der Waals surface area contributed by atoms with Crippen molar-refractivity contribution in [3.05, 3.63) is 77.4 Å². The Balaban J connectivity index is 2.42. The summed E-state index contributed by atoms with van der Waals surface area (Å²) in [7, 11) is -2.36. The number of hydrogen-bond acceptors (Lipinski definition) is 2. The van der Waals surface area contributed by atoms with E-state index in [1.807, 2.05) is 0 Å². The normalized spacial score (nSPS) is 14.6. The Hall–Kier alpha value is -1.47. The summed E-state index contributed by atoms with van der Waals surface area (Å²) in [6, 6.07) is 17.5. The lowest BCUT2D eigenvalue weighted by Crippen LogP contribution is -2.26. The third-order valence-corrected chi connectivity index (χ3v) is 7.10. The summed E-state index contributed by atoms with van der Waals surface area (Å²) in [6.45, 7) is 26.9. The Labute approximate surface area is 200 Å². The molecule has 0 bridgehead atoms. The van der Waals surface area contributed by atoms with Crippen molar-refractivity contribution >= 4 is 23.7 Å². The molecule has 0 aliphatic carbocycles. The Morgan fingerprint density at radius 2 is 1.03 bits per heavy atom. The van der Waals surface area contributed by atoms with Crippen molar-refractivity contribution in [2.75, 3.05) is 0 Å². The second kappa shape index (κ2) is 10.6. The first-order valence-corrected chi connectivity index (χ1v) is 17.5. The number of rotatable bonds is 8. The van der Waals surface area contributed by atoms with Gasteiger partial charge in [-0.05, 0) is 77.0 Å². The summed E-state index contributed by atoms with van der Waals surface area (Å²) in [5.41, 5.74) is 5.87. The summed E-state index contributed by atoms with van der Waals surface area (Å²) < 4.78 is 12.9. The monoisotopic (exact) mass is 468 g/mol. The molecule has 0 fully saturated rings. The van der Waals surface area contributed by atoms with Gasteiger partial charge in [0, 0.05) is 0 Å². The Morgan fingerprint density at radius 1 is 0.688 bits per heavy atom. The van der Waals surface area contributed by atoms with Crippen molar-refractivity contribution in [3.8, 4) is 0 Å². The molecule has 2 aromatic carbocycles. The molecule has 0 N–H and O–H groups in total. The summed E-state index contributed by atoms with van der Waals surface area (Å²) in [4.78, 5) is 0. The summed E-state index contributed by atoms with van der Waals surface area (Å²) in [5, 5.41) is 0. The van der Waals surface area contributed by atoms with Gasteiger partial charge in [0.15, 0.2) is 18.1 Å². The zero-order valence-corrected chi connectivity index (χ0v) is 24.3. The molecule has 32 heavy (non-hydrogen) atoms. The van der Waals surface area contributed by atoms with Crippen molar-refractivity contribution < 1.29 is 8.85 Å². The molecule has 4 heteroatoms. The first-order chi connectivity index (χ1) is 14.7. The zero-order valence-electron chi connectivity index (χ0n) is 22.0. The van der Waals surface area contributed by atoms with E-state index in [-0.39, 0.29) is 23.0 Å². The van der Waals surface area contributed by atoms with Crippen LogP contribution in [0, 0.1) is 10.8 Å². The van der Waals surface area contributed by atoms with Crippen LogP contribution in [-0.4, -0.2) is 18.1 Å². The largest absolute Gasteiger partial charge is 0.413 e. The first kappa shape index (κ1) is 26.8. The van der Waals surface area contributed by atoms with Gasteiger partial charge in [0.1, 0.15) is 0 Å². The quantitative estimate of drug-likeness (QED) is 0.366. The van der Waals surface area contributed by atoms with Crippen LogP contribution in [0.25, 0.3) is 5.57 Å². The van der Waals surface area contributed by atoms with Gasteiger partial charge < -0.3 is 8.85 Å². The van der Waals surface area contributed by atoms with Crippen molar-refractivity contribution in [1.29, 1.82) is 0 Å². The van der Waals surface area contributed by atoms with Crippen LogP contribution in [0.4, 0.5) is 0 Å². The van der Waals surface area contributed by atoms with Crippen molar-refractivity contribution in [3.63, 3.8) is 0 Å². The van der Waals surface area contributed by atoms with Crippen LogP contribution in [0.1, 0.15) is 76.0 Å². The third kappa shape index (κ3) is 7.27. The molecule has 2 atom stereocenters. The summed E-state index contributed by atoms with van der Waals surface area (Å²) >= 11 is 0. The Bertz CT molecular complexity index is 831. The zero-order chi connectivity index (χ0) is 24.3. The average molecular weight is 469 g/mol. The lowest BCUT2D eigenvalue weighted by molar-refractivity contribution is 0.0865. The van der Waals surface area contributed by atoms with E-state index in [1.54, 1.807) is 0 Å². The molecule has 0 amide bonds. The molecule has 0 radical (unpaired) electrons. The molecular formula is C28H44O2Si2. The highest BCUT2D eigenvalue weighted by Crippen LogP contribution is 2.39. The second-order valence-electron chi connectivity index (χ2n) is 11.6. The van der Waals surface area contributed by atoms with E-state index in [0.29, 0.717) is 0 Å². The highest BCUT2D eigenvalue weighted by molar-refractivity contribution is 6.48. The smallest absolute Gasteiger partial charge is 0.171 e. The molecule has 0 aromatic heterocycles. The second-order valence-corrected chi connectivity index (χ2v) is 16.3. The van der Waals surface area contributed by atoms with Crippen LogP contribution in [0.15, 0.2) is 55.1 Å². The van der Waals surface area contributed by atoms with E-state index >= 15 is 0 Å². The predicted octanol–water partition coefficient (Wildman–Crippen LogP) is 7.92. The third-order valence-electron chi connectivity index (χ3n) is 5.47. The molecule has 0 aliphatic heterocycles. The van der Waals surface area contributed by atoms with Crippen LogP contribution in [0.5, 0.6) is 0 Å². The molecule has 0 spiro atoms. The lowest BCUT2D eigenvalue weighted by atomic mass is 9.83. The van der Waals surface area contributed by atoms with E-state index in [0.717, 1.165) is 16.7 Å². The highest BCUT2D eigenvalue weighted by atomic mass is 28.3. The maximum Gasteiger partial charge on any atom is 0.171 e. The molecule has 0 saturated carbocycles. The Kier molecular flexibility index (Phi) is 8.91. The van der Waals surface area contributed by atoms with Crippen LogP contribution < -0.4 is 0 Å². The van der Waals surface area contributed by atoms with Crippen LogP contribution in [0.3, 0.4) is 0 Å². The number of hydrogen-bond donors (Lipinski definition) is 0. The van der Waals surface area contributed by atoms with Crippen LogP contribution in [0.2, 0.25) is 26.2 Å². The van der Waals surface area contributed by atoms with Gasteiger partial charge in [-0.1, -0.05) is 84.5 Å². The fraction of sp³-hybridized carbons (Fsp3) is 0.500. The van der Waals surface area contributed by atoms with Gasteiger partial charge in [-0.15, -0.1) is 0 Å². The molecular weight excluding hydrogens is 424 g/mol. The van der Waals surface area contributed by atoms with Gasteiger partial charge in [-0.25, -0.2) is 0 Å². The van der Waals surface area contributed by atoms with Gasteiger partial charge in [-0.2, -0.15) is 0 Å². The molecule has 0 heterocycles. The molecule has 2 nitrogen and oxygen atoms in total. The Morgan fingerprint density at radius 3 is 1.31 bits per heavy atom. The standard InChI is InChI=1S/C28H44O2Si2/c1-20(21-14-12-16-23(18-21)25(27(2,3)4)29-31(8)9)22-15-13-17-24(19-22)26(28(5,6)7)30-32(10)11/h12-19,25-26,31-32H,1H2,2-11H3. The highest BCUT2D eigenvalue weighted by Gasteiger charge is 2.29. The minimum Gasteiger partial charge on any atom is -0.413 e. The van der Waals surface area contributed by atoms with Crippen molar-refractivity contribution in [2.24, 2.45) is 10.8 Å². The van der Waals surface area contributed by atoms with Gasteiger partial charge in [0.05, 0.1) is 12.2 Å². The maximum absolute atomic E-state index is 6.46. The molecule has 2 aromatic rings. The van der Waals surface area contributed by atoms with Crippen molar-refractivity contribution in [1.82, 2.24) is 0 Å². The average Bonchev–Trinajstić information content (AvgIpc) is 2.68. The lowest BCUT2D eigenvalue weighted by Gasteiger charge is -2.33. The minimum atomic E-state index is -1.18. The van der Waals surface area contributed by atoms with Crippen LogP contribution in [-0.2, 0) is 8.85 Å². The minimum absolute atomic E-state index is 0.0369. The van der Waals surface area contributed by atoms with E-state index < -0.39 is 18.1 Å². The fourth-order valence-electron chi connectivity index (χ4n) is 4.06. The molecule has 0 saturated heterocycles. The van der Waals surface area contributed by atoms with Gasteiger partial charge in [0.25, 0.3) is 0 Å². The maximum atomic E-state index is 6.46.